The van der Waals surface area contributed by atoms with Gasteiger partial charge >= 0.3 is 0 Å². The minimum absolute atomic E-state index is 0.0416. The molecule has 4 rings (SSSR count). The van der Waals surface area contributed by atoms with E-state index in [2.05, 4.69) is 14.3 Å². The molecule has 0 atom stereocenters. The van der Waals surface area contributed by atoms with Crippen molar-refractivity contribution < 1.29 is 17.2 Å². The van der Waals surface area contributed by atoms with Crippen molar-refractivity contribution in [1.82, 2.24) is 9.55 Å². The number of hydrogen-bond donors (Lipinski definition) is 1. The average molecular weight is 403 g/mol. The number of benzene rings is 2. The van der Waals surface area contributed by atoms with Crippen molar-refractivity contribution in [3.8, 4) is 11.3 Å². The maximum atomic E-state index is 13.4. The zero-order valence-electron chi connectivity index (χ0n) is 15.0. The molecule has 0 aliphatic carbocycles. The monoisotopic (exact) mass is 403 g/mol. The lowest BCUT2D eigenvalue weighted by atomic mass is 10.1. The molecule has 28 heavy (non-hydrogen) atoms. The summed E-state index contributed by atoms with van der Waals surface area (Å²) in [6, 6.07) is 9.71. The third-order valence-corrected chi connectivity index (χ3v) is 5.90. The molecule has 0 amide bonds. The predicted octanol–water partition coefficient (Wildman–Crippen LogP) is 4.11. The molecule has 0 radical (unpaired) electrons. The molecule has 3 aromatic rings. The fourth-order valence-corrected chi connectivity index (χ4v) is 4.65. The van der Waals surface area contributed by atoms with Gasteiger partial charge in [0.05, 0.1) is 17.1 Å². The molecular weight excluding hydrogens is 384 g/mol. The summed E-state index contributed by atoms with van der Waals surface area (Å²) in [5.41, 5.74) is 1.79. The molecule has 8 heteroatoms. The zero-order chi connectivity index (χ0) is 19.7. The van der Waals surface area contributed by atoms with Gasteiger partial charge in [-0.05, 0) is 36.6 Å². The van der Waals surface area contributed by atoms with Crippen molar-refractivity contribution in [2.75, 3.05) is 4.72 Å². The fraction of sp³-hybridized carbons (Fsp3) is 0.250. The predicted molar refractivity (Wildman–Crippen MR) is 103 cm³/mol. The Hall–Kier alpha value is -2.74. The van der Waals surface area contributed by atoms with Gasteiger partial charge in [-0.2, -0.15) is 0 Å². The number of aryl methyl sites for hydroxylation is 2. The number of imidazole rings is 1. The van der Waals surface area contributed by atoms with Crippen LogP contribution in [-0.2, 0) is 28.7 Å². The van der Waals surface area contributed by atoms with Crippen molar-refractivity contribution in [2.45, 2.75) is 31.6 Å². The second kappa shape index (κ2) is 7.35. The smallest absolute Gasteiger partial charge is 0.236 e. The Bertz CT molecular complexity index is 1080. The molecular formula is C20H19F2N3O2S. The van der Waals surface area contributed by atoms with Crippen LogP contribution in [0.25, 0.3) is 11.3 Å². The summed E-state index contributed by atoms with van der Waals surface area (Å²) in [6.07, 6.45) is 5.03. The van der Waals surface area contributed by atoms with Gasteiger partial charge in [-0.1, -0.05) is 18.2 Å². The zero-order valence-corrected chi connectivity index (χ0v) is 15.8. The number of anilines is 1. The van der Waals surface area contributed by atoms with Gasteiger partial charge in [0.2, 0.25) is 10.0 Å². The largest absolute Gasteiger partial charge is 0.334 e. The maximum Gasteiger partial charge on any atom is 0.236 e. The Labute approximate surface area is 162 Å². The van der Waals surface area contributed by atoms with Gasteiger partial charge in [-0.25, -0.2) is 22.2 Å². The van der Waals surface area contributed by atoms with E-state index in [1.54, 1.807) is 18.2 Å². The Balaban J connectivity index is 1.62. The van der Waals surface area contributed by atoms with Crippen LogP contribution in [0.2, 0.25) is 0 Å². The first-order valence-electron chi connectivity index (χ1n) is 9.00. The molecule has 0 unspecified atom stereocenters. The molecule has 1 N–H and O–H groups in total. The van der Waals surface area contributed by atoms with E-state index in [1.165, 1.54) is 0 Å². The van der Waals surface area contributed by atoms with E-state index in [0.717, 1.165) is 43.8 Å². The van der Waals surface area contributed by atoms with E-state index in [9.17, 15) is 17.2 Å². The molecule has 1 aromatic heterocycles. The molecule has 0 saturated heterocycles. The first-order valence-corrected chi connectivity index (χ1v) is 10.7. The van der Waals surface area contributed by atoms with Crippen molar-refractivity contribution in [1.29, 1.82) is 0 Å². The van der Waals surface area contributed by atoms with Gasteiger partial charge in [-0.3, -0.25) is 4.72 Å². The highest BCUT2D eigenvalue weighted by atomic mass is 32.2. The Morgan fingerprint density at radius 1 is 1.07 bits per heavy atom. The van der Waals surface area contributed by atoms with Crippen molar-refractivity contribution in [3.05, 3.63) is 71.7 Å². The number of nitrogens with one attached hydrogen (secondary N) is 1. The SMILES string of the molecule is O=S(=O)(Cc1cc(F)cc(F)c1)Nc1ccccc1-c1cn2c(n1)CCCC2. The molecule has 2 aromatic carbocycles. The summed E-state index contributed by atoms with van der Waals surface area (Å²) in [6.45, 7) is 0.904. The number of halogens is 2. The third kappa shape index (κ3) is 4.06. The molecule has 5 nitrogen and oxygen atoms in total. The highest BCUT2D eigenvalue weighted by molar-refractivity contribution is 7.91. The second-order valence-corrected chi connectivity index (χ2v) is 8.60. The van der Waals surface area contributed by atoms with E-state index in [-0.39, 0.29) is 5.56 Å². The number of nitrogens with zero attached hydrogens (tertiary/aromatic N) is 2. The van der Waals surface area contributed by atoms with Crippen LogP contribution in [0.15, 0.2) is 48.7 Å². The lowest BCUT2D eigenvalue weighted by molar-refractivity contribution is 0.522. The van der Waals surface area contributed by atoms with Crippen LogP contribution < -0.4 is 4.72 Å². The summed E-state index contributed by atoms with van der Waals surface area (Å²) in [4.78, 5) is 4.65. The molecule has 0 fully saturated rings. The minimum Gasteiger partial charge on any atom is -0.334 e. The van der Waals surface area contributed by atoms with Crippen molar-refractivity contribution in [2.24, 2.45) is 0 Å². The van der Waals surface area contributed by atoms with E-state index in [0.29, 0.717) is 23.0 Å². The summed E-state index contributed by atoms with van der Waals surface area (Å²) < 4.78 is 56.5. The highest BCUT2D eigenvalue weighted by Crippen LogP contribution is 2.30. The average Bonchev–Trinajstić information content (AvgIpc) is 3.04. The Kier molecular flexibility index (Phi) is 4.89. The third-order valence-electron chi connectivity index (χ3n) is 4.66. The van der Waals surface area contributed by atoms with Gasteiger partial charge in [0.1, 0.15) is 17.5 Å². The number of hydrogen-bond acceptors (Lipinski definition) is 3. The number of fused-ring (bicyclic) bond motifs is 1. The van der Waals surface area contributed by atoms with Crippen LogP contribution >= 0.6 is 0 Å². The number of aromatic nitrogens is 2. The molecule has 0 bridgehead atoms. The first-order chi connectivity index (χ1) is 13.4. The van der Waals surface area contributed by atoms with Crippen LogP contribution in [0.4, 0.5) is 14.5 Å². The normalized spacial score (nSPS) is 13.9. The minimum atomic E-state index is -3.87. The van der Waals surface area contributed by atoms with Crippen LogP contribution in [0.1, 0.15) is 24.2 Å². The maximum absolute atomic E-state index is 13.4. The van der Waals surface area contributed by atoms with E-state index in [1.807, 2.05) is 12.3 Å². The second-order valence-electron chi connectivity index (χ2n) is 6.88. The summed E-state index contributed by atoms with van der Waals surface area (Å²) in [7, 11) is -3.87. The Morgan fingerprint density at radius 2 is 1.82 bits per heavy atom. The molecule has 1 aliphatic rings. The quantitative estimate of drug-likeness (QED) is 0.697. The first kappa shape index (κ1) is 18.6. The Morgan fingerprint density at radius 3 is 2.57 bits per heavy atom. The van der Waals surface area contributed by atoms with E-state index in [4.69, 9.17) is 0 Å². The molecule has 146 valence electrons. The van der Waals surface area contributed by atoms with Gasteiger partial charge in [0.25, 0.3) is 0 Å². The van der Waals surface area contributed by atoms with Gasteiger partial charge in [0, 0.05) is 30.8 Å². The molecule has 1 aliphatic heterocycles. The van der Waals surface area contributed by atoms with Crippen molar-refractivity contribution >= 4 is 15.7 Å². The van der Waals surface area contributed by atoms with Crippen LogP contribution in [0.5, 0.6) is 0 Å². The number of para-hydroxylation sites is 1. The van der Waals surface area contributed by atoms with Crippen molar-refractivity contribution in [3.63, 3.8) is 0 Å². The summed E-state index contributed by atoms with van der Waals surface area (Å²) in [5.74, 6) is -1.16. The number of rotatable bonds is 5. The highest BCUT2D eigenvalue weighted by Gasteiger charge is 2.19. The van der Waals surface area contributed by atoms with Crippen LogP contribution in [0, 0.1) is 11.6 Å². The number of sulfonamides is 1. The lowest BCUT2D eigenvalue weighted by Crippen LogP contribution is -2.16. The van der Waals surface area contributed by atoms with Gasteiger partial charge in [0.15, 0.2) is 0 Å². The molecule has 0 saturated carbocycles. The van der Waals surface area contributed by atoms with Gasteiger partial charge in [-0.15, -0.1) is 0 Å². The standard InChI is InChI=1S/C20H19F2N3O2S/c21-15-9-14(10-16(22)11-15)13-28(26,27)24-18-6-2-1-5-17(18)19-12-25-8-4-3-7-20(25)23-19/h1-2,5-6,9-12,24H,3-4,7-8,13H2. The van der Waals surface area contributed by atoms with Crippen LogP contribution in [0.3, 0.4) is 0 Å². The van der Waals surface area contributed by atoms with Gasteiger partial charge < -0.3 is 4.57 Å². The fourth-order valence-electron chi connectivity index (χ4n) is 3.46. The molecule has 0 spiro atoms. The van der Waals surface area contributed by atoms with E-state index >= 15 is 0 Å². The summed E-state index contributed by atoms with van der Waals surface area (Å²) >= 11 is 0. The van der Waals surface area contributed by atoms with E-state index < -0.39 is 27.4 Å². The molecule has 2 heterocycles. The summed E-state index contributed by atoms with van der Waals surface area (Å²) in [5, 5.41) is 0. The topological polar surface area (TPSA) is 64.0 Å². The van der Waals surface area contributed by atoms with Crippen LogP contribution in [-0.4, -0.2) is 18.0 Å². The lowest BCUT2D eigenvalue weighted by Gasteiger charge is -2.12.